The van der Waals surface area contributed by atoms with E-state index in [-0.39, 0.29) is 37.0 Å². The summed E-state index contributed by atoms with van der Waals surface area (Å²) in [5.74, 6) is 0.575. The second-order valence-corrected chi connectivity index (χ2v) is 12.3. The smallest absolute Gasteiger partial charge is 0.410 e. The van der Waals surface area contributed by atoms with Gasteiger partial charge in [-0.15, -0.1) is 0 Å². The van der Waals surface area contributed by atoms with Crippen LogP contribution in [0.3, 0.4) is 0 Å². The van der Waals surface area contributed by atoms with E-state index in [2.05, 4.69) is 25.9 Å². The number of hydrogen-bond acceptors (Lipinski definition) is 12. The van der Waals surface area contributed by atoms with E-state index in [0.29, 0.717) is 52.0 Å². The van der Waals surface area contributed by atoms with Crippen LogP contribution in [0.2, 0.25) is 0 Å². The highest BCUT2D eigenvalue weighted by atomic mass is 16.6. The standard InChI is InChI=1S/C30H47N7O6/c1-30(2,3)43-29(39)37-16-15-36(20-22(37)8-11-31)27-24-9-12-32-19-25(24)33-28(34-27)42-21-23-7-5-13-35(23)14-6-17-41-18-10-26(38)40-4/h22-23,32H,5-10,12-21H2,1-4H3/t22-,23-/m0/s1. The van der Waals surface area contributed by atoms with E-state index in [0.717, 1.165) is 62.4 Å². The molecule has 1 aromatic rings. The second kappa shape index (κ2) is 15.5. The molecule has 43 heavy (non-hydrogen) atoms. The van der Waals surface area contributed by atoms with Gasteiger partial charge >= 0.3 is 18.1 Å². The zero-order chi connectivity index (χ0) is 30.8. The predicted molar refractivity (Wildman–Crippen MR) is 159 cm³/mol. The molecule has 2 fully saturated rings. The fourth-order valence-corrected chi connectivity index (χ4v) is 5.81. The van der Waals surface area contributed by atoms with Gasteiger partial charge in [-0.1, -0.05) is 0 Å². The number of anilines is 1. The third-order valence-electron chi connectivity index (χ3n) is 7.95. The fourth-order valence-electron chi connectivity index (χ4n) is 5.81. The summed E-state index contributed by atoms with van der Waals surface area (Å²) >= 11 is 0. The Labute approximate surface area is 254 Å². The molecule has 0 saturated carbocycles. The quantitative estimate of drug-likeness (QED) is 0.277. The van der Waals surface area contributed by atoms with Crippen molar-refractivity contribution in [1.29, 1.82) is 5.26 Å². The summed E-state index contributed by atoms with van der Waals surface area (Å²) in [5.41, 5.74) is 1.43. The van der Waals surface area contributed by atoms with Crippen LogP contribution in [0.25, 0.3) is 0 Å². The van der Waals surface area contributed by atoms with Gasteiger partial charge in [-0.3, -0.25) is 9.69 Å². The molecular weight excluding hydrogens is 554 g/mol. The number of likely N-dealkylation sites (tertiary alicyclic amines) is 1. The van der Waals surface area contributed by atoms with Crippen molar-refractivity contribution in [3.8, 4) is 12.1 Å². The van der Waals surface area contributed by atoms with Gasteiger partial charge in [-0.05, 0) is 59.5 Å². The van der Waals surface area contributed by atoms with Crippen LogP contribution in [0.15, 0.2) is 0 Å². The number of amides is 1. The van der Waals surface area contributed by atoms with E-state index in [1.807, 2.05) is 20.8 Å². The number of nitrogens with one attached hydrogen (secondary N) is 1. The maximum Gasteiger partial charge on any atom is 0.410 e. The number of carbonyl (C=O) groups excluding carboxylic acids is 2. The summed E-state index contributed by atoms with van der Waals surface area (Å²) in [6.07, 6.45) is 3.93. The summed E-state index contributed by atoms with van der Waals surface area (Å²) in [6, 6.07) is 2.57. The summed E-state index contributed by atoms with van der Waals surface area (Å²) in [7, 11) is 1.38. The number of hydrogen-bond donors (Lipinski definition) is 1. The highest BCUT2D eigenvalue weighted by Gasteiger charge is 2.35. The number of fused-ring (bicyclic) bond motifs is 1. The number of carbonyl (C=O) groups is 2. The Bertz CT molecular complexity index is 1140. The molecule has 4 heterocycles. The van der Waals surface area contributed by atoms with Gasteiger partial charge in [0.1, 0.15) is 18.0 Å². The summed E-state index contributed by atoms with van der Waals surface area (Å²) in [4.78, 5) is 40.1. The van der Waals surface area contributed by atoms with Crippen molar-refractivity contribution in [2.45, 2.75) is 83.5 Å². The molecule has 2 atom stereocenters. The largest absolute Gasteiger partial charge is 0.469 e. The number of ether oxygens (including phenoxy) is 4. The van der Waals surface area contributed by atoms with E-state index in [1.165, 1.54) is 7.11 Å². The van der Waals surface area contributed by atoms with Gasteiger partial charge in [0.25, 0.3) is 0 Å². The van der Waals surface area contributed by atoms with Crippen LogP contribution in [0.4, 0.5) is 10.6 Å². The molecule has 0 spiro atoms. The minimum absolute atomic E-state index is 0.210. The topological polar surface area (TPSA) is 142 Å². The van der Waals surface area contributed by atoms with Crippen LogP contribution in [0.1, 0.15) is 64.1 Å². The Balaban J connectivity index is 1.38. The lowest BCUT2D eigenvalue weighted by molar-refractivity contribution is -0.141. The summed E-state index contributed by atoms with van der Waals surface area (Å²) in [5, 5.41) is 12.9. The highest BCUT2D eigenvalue weighted by molar-refractivity contribution is 5.69. The molecule has 3 aliphatic heterocycles. The lowest BCUT2D eigenvalue weighted by Gasteiger charge is -2.42. The maximum atomic E-state index is 12.9. The molecule has 0 radical (unpaired) electrons. The first kappa shape index (κ1) is 32.7. The van der Waals surface area contributed by atoms with Gasteiger partial charge in [0.15, 0.2) is 0 Å². The number of nitriles is 1. The second-order valence-electron chi connectivity index (χ2n) is 12.3. The van der Waals surface area contributed by atoms with Crippen LogP contribution in [-0.2, 0) is 32.0 Å². The molecule has 0 aliphatic carbocycles. The first-order valence-electron chi connectivity index (χ1n) is 15.4. The Morgan fingerprint density at radius 1 is 1.14 bits per heavy atom. The van der Waals surface area contributed by atoms with Gasteiger partial charge < -0.3 is 34.1 Å². The SMILES string of the molecule is COC(=O)CCOCCCN1CCC[C@H]1COc1nc2c(c(N3CCN(C(=O)OC(C)(C)C)[C@@H](CC#N)C3)n1)CCNC2. The van der Waals surface area contributed by atoms with Gasteiger partial charge in [0, 0.05) is 50.9 Å². The van der Waals surface area contributed by atoms with Crippen LogP contribution < -0.4 is 15.0 Å². The van der Waals surface area contributed by atoms with Gasteiger partial charge in [0.2, 0.25) is 0 Å². The van der Waals surface area contributed by atoms with E-state index in [1.54, 1.807) is 4.90 Å². The number of rotatable bonds is 12. The molecule has 0 aromatic carbocycles. The Morgan fingerprint density at radius 3 is 2.74 bits per heavy atom. The van der Waals surface area contributed by atoms with Crippen molar-refractivity contribution in [3.63, 3.8) is 0 Å². The Hall–Kier alpha value is -3.21. The van der Waals surface area contributed by atoms with Crippen LogP contribution in [0, 0.1) is 11.3 Å². The maximum absolute atomic E-state index is 12.9. The third kappa shape index (κ3) is 9.39. The van der Waals surface area contributed by atoms with Crippen molar-refractivity contribution in [2.24, 2.45) is 0 Å². The highest BCUT2D eigenvalue weighted by Crippen LogP contribution is 2.29. The fraction of sp³-hybridized carbons (Fsp3) is 0.767. The van der Waals surface area contributed by atoms with Crippen molar-refractivity contribution < 1.29 is 28.5 Å². The first-order valence-corrected chi connectivity index (χ1v) is 15.4. The Morgan fingerprint density at radius 2 is 1.98 bits per heavy atom. The molecule has 13 nitrogen and oxygen atoms in total. The van der Waals surface area contributed by atoms with Crippen LogP contribution in [0.5, 0.6) is 6.01 Å². The Kier molecular flexibility index (Phi) is 11.8. The van der Waals surface area contributed by atoms with Crippen molar-refractivity contribution >= 4 is 17.9 Å². The van der Waals surface area contributed by atoms with Crippen molar-refractivity contribution in [1.82, 2.24) is 25.1 Å². The molecule has 2 saturated heterocycles. The summed E-state index contributed by atoms with van der Waals surface area (Å²) in [6.45, 7) is 11.9. The van der Waals surface area contributed by atoms with E-state index in [9.17, 15) is 14.9 Å². The molecule has 1 aromatic heterocycles. The van der Waals surface area contributed by atoms with Gasteiger partial charge in [-0.2, -0.15) is 15.2 Å². The molecule has 238 valence electrons. The lowest BCUT2D eigenvalue weighted by Crippen LogP contribution is -2.56. The average molecular weight is 602 g/mol. The molecule has 3 aliphatic rings. The van der Waals surface area contributed by atoms with E-state index in [4.69, 9.17) is 24.2 Å². The number of aromatic nitrogens is 2. The van der Waals surface area contributed by atoms with Gasteiger partial charge in [0.05, 0.1) is 44.4 Å². The molecule has 0 unspecified atom stereocenters. The lowest BCUT2D eigenvalue weighted by atomic mass is 10.0. The molecule has 1 N–H and O–H groups in total. The van der Waals surface area contributed by atoms with Gasteiger partial charge in [-0.25, -0.2) is 4.79 Å². The number of nitrogens with zero attached hydrogens (tertiary/aromatic N) is 6. The molecule has 1 amide bonds. The minimum atomic E-state index is -0.606. The molecule has 4 rings (SSSR count). The molecule has 13 heteroatoms. The van der Waals surface area contributed by atoms with Crippen LogP contribution in [-0.4, -0.2) is 116 Å². The van der Waals surface area contributed by atoms with Crippen molar-refractivity contribution in [3.05, 3.63) is 11.3 Å². The number of esters is 1. The van der Waals surface area contributed by atoms with Crippen molar-refractivity contribution in [2.75, 3.05) is 71.1 Å². The third-order valence-corrected chi connectivity index (χ3v) is 7.95. The minimum Gasteiger partial charge on any atom is -0.469 e. The normalized spacial score (nSPS) is 20.8. The first-order chi connectivity index (χ1) is 20.7. The zero-order valence-corrected chi connectivity index (χ0v) is 26.1. The van der Waals surface area contributed by atoms with E-state index >= 15 is 0 Å². The monoisotopic (exact) mass is 601 g/mol. The number of piperazine rings is 1. The average Bonchev–Trinajstić information content (AvgIpc) is 3.43. The molecular formula is C30H47N7O6. The summed E-state index contributed by atoms with van der Waals surface area (Å²) < 4.78 is 22.1. The van der Waals surface area contributed by atoms with Crippen LogP contribution >= 0.6 is 0 Å². The van der Waals surface area contributed by atoms with E-state index < -0.39 is 5.60 Å². The molecule has 0 bridgehead atoms. The predicted octanol–water partition coefficient (Wildman–Crippen LogP) is 2.27. The number of methoxy groups -OCH3 is 1. The zero-order valence-electron chi connectivity index (χ0n) is 26.1.